The van der Waals surface area contributed by atoms with Crippen LogP contribution in [0.3, 0.4) is 0 Å². The van der Waals surface area contributed by atoms with E-state index in [2.05, 4.69) is 106 Å². The Hall–Kier alpha value is -3.41. The summed E-state index contributed by atoms with van der Waals surface area (Å²) in [7, 11) is 0. The first-order chi connectivity index (χ1) is 33.0. The molecule has 0 rings (SSSR count). The maximum absolute atomic E-state index is 12.8. The van der Waals surface area contributed by atoms with E-state index in [0.717, 1.165) is 103 Å². The maximum Gasteiger partial charge on any atom is 0.306 e. The summed E-state index contributed by atoms with van der Waals surface area (Å²) in [5, 5.41) is 0. The highest BCUT2D eigenvalue weighted by Gasteiger charge is 2.19. The van der Waals surface area contributed by atoms with Crippen LogP contribution in [0, 0.1) is 0 Å². The highest BCUT2D eigenvalue weighted by molar-refractivity contribution is 5.71. The van der Waals surface area contributed by atoms with E-state index in [1.807, 2.05) is 0 Å². The second-order valence-corrected chi connectivity index (χ2v) is 18.5. The number of unbranched alkanes of at least 4 members (excludes halogenated alkanes) is 25. The standard InChI is InChI=1S/C61H104O6/c1-4-7-10-13-16-19-22-24-26-28-30-32-34-36-39-41-44-47-50-53-59(62)65-56-58(67-61(64)55-52-49-46-43-38-21-18-15-12-9-6-3)57-66-60(63)54-51-48-45-42-40-37-35-33-31-29-27-25-23-20-17-14-11-8-5-2/h7,10,16-17,19-20,24-27,30,32,36,39,58H,4-6,8-9,11-15,18,21-23,28-29,31,33-35,37-38,40-57H2,1-3H3/b10-7-,19-16-,20-17-,26-24-,27-25-,32-30-,39-36-/t58-/m1/s1. The Morgan fingerprint density at radius 2 is 0.582 bits per heavy atom. The molecule has 0 amide bonds. The van der Waals surface area contributed by atoms with Gasteiger partial charge in [-0.2, -0.15) is 0 Å². The number of carbonyl (C=O) groups excluding carboxylic acids is 3. The molecule has 67 heavy (non-hydrogen) atoms. The second kappa shape index (κ2) is 55.2. The van der Waals surface area contributed by atoms with Crippen LogP contribution in [0.5, 0.6) is 0 Å². The fourth-order valence-electron chi connectivity index (χ4n) is 7.68. The molecule has 0 aromatic heterocycles. The number of hydrogen-bond acceptors (Lipinski definition) is 6. The lowest BCUT2D eigenvalue weighted by atomic mass is 10.1. The normalized spacial score (nSPS) is 12.7. The Balaban J connectivity index is 4.38. The minimum atomic E-state index is -0.790. The van der Waals surface area contributed by atoms with E-state index in [1.165, 1.54) is 122 Å². The average molecular weight is 933 g/mol. The summed E-state index contributed by atoms with van der Waals surface area (Å²) in [4.78, 5) is 38.1. The van der Waals surface area contributed by atoms with Gasteiger partial charge in [-0.1, -0.05) is 234 Å². The average Bonchev–Trinajstić information content (AvgIpc) is 3.33. The molecular formula is C61H104O6. The fourth-order valence-corrected chi connectivity index (χ4v) is 7.68. The molecule has 0 aliphatic heterocycles. The van der Waals surface area contributed by atoms with Gasteiger partial charge in [-0.15, -0.1) is 0 Å². The van der Waals surface area contributed by atoms with Crippen molar-refractivity contribution in [3.05, 3.63) is 85.1 Å². The van der Waals surface area contributed by atoms with E-state index in [0.29, 0.717) is 19.3 Å². The summed E-state index contributed by atoms with van der Waals surface area (Å²) >= 11 is 0. The van der Waals surface area contributed by atoms with Crippen molar-refractivity contribution in [2.45, 2.75) is 271 Å². The molecule has 6 nitrogen and oxygen atoms in total. The number of allylic oxidation sites excluding steroid dienone is 14. The van der Waals surface area contributed by atoms with Gasteiger partial charge in [-0.3, -0.25) is 14.4 Å². The van der Waals surface area contributed by atoms with Gasteiger partial charge in [0.15, 0.2) is 6.10 Å². The number of carbonyl (C=O) groups is 3. The van der Waals surface area contributed by atoms with E-state index in [1.54, 1.807) is 0 Å². The lowest BCUT2D eigenvalue weighted by molar-refractivity contribution is -0.167. The van der Waals surface area contributed by atoms with Gasteiger partial charge in [0.25, 0.3) is 0 Å². The molecule has 0 unspecified atom stereocenters. The SMILES string of the molecule is CC/C=C\C/C=C\C/C=C\C/C=C\C/C=C\CCCCCC(=O)OC[C@H](COC(=O)CCCCCCCCCCC/C=C\C/C=C\CCCCC)OC(=O)CCCCCCCCCCCCC. The molecule has 0 aliphatic carbocycles. The Morgan fingerprint density at radius 1 is 0.313 bits per heavy atom. The largest absolute Gasteiger partial charge is 0.462 e. The number of esters is 3. The molecule has 0 aromatic carbocycles. The van der Waals surface area contributed by atoms with Crippen LogP contribution >= 0.6 is 0 Å². The van der Waals surface area contributed by atoms with Crippen molar-refractivity contribution in [2.75, 3.05) is 13.2 Å². The molecule has 0 heterocycles. The Kier molecular flexibility index (Phi) is 52.4. The monoisotopic (exact) mass is 933 g/mol. The van der Waals surface area contributed by atoms with Crippen molar-refractivity contribution in [1.29, 1.82) is 0 Å². The molecule has 0 spiro atoms. The molecule has 0 bridgehead atoms. The summed E-state index contributed by atoms with van der Waals surface area (Å²) in [5.41, 5.74) is 0. The van der Waals surface area contributed by atoms with Crippen LogP contribution in [0.4, 0.5) is 0 Å². The predicted octanol–water partition coefficient (Wildman–Crippen LogP) is 18.8. The van der Waals surface area contributed by atoms with Gasteiger partial charge in [-0.05, 0) is 96.3 Å². The number of rotatable bonds is 50. The molecule has 0 saturated carbocycles. The third-order valence-electron chi connectivity index (χ3n) is 11.9. The Bertz CT molecular complexity index is 1300. The Morgan fingerprint density at radius 3 is 0.955 bits per heavy atom. The number of hydrogen-bond donors (Lipinski definition) is 0. The van der Waals surface area contributed by atoms with Gasteiger partial charge in [0.2, 0.25) is 0 Å². The first-order valence-electron chi connectivity index (χ1n) is 28.1. The minimum absolute atomic E-state index is 0.0880. The molecule has 0 saturated heterocycles. The topological polar surface area (TPSA) is 78.9 Å². The van der Waals surface area contributed by atoms with Gasteiger partial charge in [0.05, 0.1) is 0 Å². The van der Waals surface area contributed by atoms with E-state index >= 15 is 0 Å². The smallest absolute Gasteiger partial charge is 0.306 e. The molecule has 0 radical (unpaired) electrons. The maximum atomic E-state index is 12.8. The van der Waals surface area contributed by atoms with Crippen molar-refractivity contribution in [1.82, 2.24) is 0 Å². The summed E-state index contributed by atoms with van der Waals surface area (Å²) < 4.78 is 16.8. The van der Waals surface area contributed by atoms with Crippen LogP contribution in [-0.2, 0) is 28.6 Å². The molecule has 1 atom stereocenters. The highest BCUT2D eigenvalue weighted by Crippen LogP contribution is 2.15. The fraction of sp³-hybridized carbons (Fsp3) is 0.721. The van der Waals surface area contributed by atoms with Gasteiger partial charge in [0.1, 0.15) is 13.2 Å². The van der Waals surface area contributed by atoms with Crippen molar-refractivity contribution in [3.63, 3.8) is 0 Å². The molecule has 384 valence electrons. The van der Waals surface area contributed by atoms with E-state index in [4.69, 9.17) is 14.2 Å². The van der Waals surface area contributed by atoms with Gasteiger partial charge in [-0.25, -0.2) is 0 Å². The summed E-state index contributed by atoms with van der Waals surface area (Å²) in [6.45, 7) is 6.47. The zero-order valence-electron chi connectivity index (χ0n) is 43.9. The molecule has 0 N–H and O–H groups in total. The number of ether oxygens (including phenoxy) is 3. The second-order valence-electron chi connectivity index (χ2n) is 18.5. The zero-order valence-corrected chi connectivity index (χ0v) is 43.9. The van der Waals surface area contributed by atoms with E-state index in [-0.39, 0.29) is 31.1 Å². The van der Waals surface area contributed by atoms with Crippen LogP contribution in [0.25, 0.3) is 0 Å². The van der Waals surface area contributed by atoms with Crippen LogP contribution < -0.4 is 0 Å². The minimum Gasteiger partial charge on any atom is -0.462 e. The molecule has 0 aliphatic rings. The summed E-state index contributed by atoms with van der Waals surface area (Å²) in [6.07, 6.45) is 71.4. The van der Waals surface area contributed by atoms with Crippen LogP contribution in [-0.4, -0.2) is 37.2 Å². The molecular weight excluding hydrogens is 829 g/mol. The van der Waals surface area contributed by atoms with E-state index < -0.39 is 6.10 Å². The molecule has 0 aromatic rings. The summed E-state index contributed by atoms with van der Waals surface area (Å²) in [5.74, 6) is -0.921. The third kappa shape index (κ3) is 53.4. The van der Waals surface area contributed by atoms with E-state index in [9.17, 15) is 14.4 Å². The lowest BCUT2D eigenvalue weighted by Gasteiger charge is -2.18. The van der Waals surface area contributed by atoms with Crippen molar-refractivity contribution in [3.8, 4) is 0 Å². The van der Waals surface area contributed by atoms with Crippen LogP contribution in [0.1, 0.15) is 265 Å². The van der Waals surface area contributed by atoms with Crippen LogP contribution in [0.15, 0.2) is 85.1 Å². The van der Waals surface area contributed by atoms with Gasteiger partial charge < -0.3 is 14.2 Å². The molecule has 6 heteroatoms. The first-order valence-corrected chi connectivity index (χ1v) is 28.1. The zero-order chi connectivity index (χ0) is 48.6. The van der Waals surface area contributed by atoms with Crippen molar-refractivity contribution < 1.29 is 28.6 Å². The third-order valence-corrected chi connectivity index (χ3v) is 11.9. The lowest BCUT2D eigenvalue weighted by Crippen LogP contribution is -2.30. The highest BCUT2D eigenvalue weighted by atomic mass is 16.6. The Labute approximate surface area is 414 Å². The van der Waals surface area contributed by atoms with Crippen molar-refractivity contribution >= 4 is 17.9 Å². The molecule has 0 fully saturated rings. The summed E-state index contributed by atoms with van der Waals surface area (Å²) in [6, 6.07) is 0. The van der Waals surface area contributed by atoms with Gasteiger partial charge in [0, 0.05) is 19.3 Å². The first kappa shape index (κ1) is 63.6. The van der Waals surface area contributed by atoms with Gasteiger partial charge >= 0.3 is 17.9 Å². The quantitative estimate of drug-likeness (QED) is 0.0262. The predicted molar refractivity (Wildman–Crippen MR) is 288 cm³/mol. The van der Waals surface area contributed by atoms with Crippen molar-refractivity contribution in [2.24, 2.45) is 0 Å². The van der Waals surface area contributed by atoms with Crippen LogP contribution in [0.2, 0.25) is 0 Å².